The normalized spacial score (nSPS) is 22.5. The molecule has 4 nitrogen and oxygen atoms in total. The molecule has 1 saturated heterocycles. The van der Waals surface area contributed by atoms with Crippen molar-refractivity contribution in [3.05, 3.63) is 18.3 Å². The summed E-state index contributed by atoms with van der Waals surface area (Å²) in [5.41, 5.74) is 6.81. The molecule has 2 aliphatic rings. The summed E-state index contributed by atoms with van der Waals surface area (Å²) in [4.78, 5) is 9.21. The topological polar surface area (TPSA) is 45.4 Å². The Labute approximate surface area is 102 Å². The van der Waals surface area contributed by atoms with Crippen LogP contribution in [0.15, 0.2) is 18.3 Å². The van der Waals surface area contributed by atoms with E-state index < -0.39 is 0 Å². The van der Waals surface area contributed by atoms with Crippen LogP contribution in [-0.4, -0.2) is 42.1 Å². The van der Waals surface area contributed by atoms with Gasteiger partial charge in [-0.2, -0.15) is 0 Å². The smallest absolute Gasteiger partial charge is 0.123 e. The third-order valence-corrected chi connectivity index (χ3v) is 4.04. The third-order valence-electron chi connectivity index (χ3n) is 4.04. The zero-order valence-electron chi connectivity index (χ0n) is 10.2. The molecule has 1 aliphatic heterocycles. The van der Waals surface area contributed by atoms with Crippen molar-refractivity contribution < 1.29 is 0 Å². The van der Waals surface area contributed by atoms with Gasteiger partial charge in [0.1, 0.15) is 5.82 Å². The average molecular weight is 232 g/mol. The lowest BCUT2D eigenvalue weighted by Gasteiger charge is -2.43. The van der Waals surface area contributed by atoms with Gasteiger partial charge in [0, 0.05) is 32.2 Å². The van der Waals surface area contributed by atoms with Crippen molar-refractivity contribution in [2.24, 2.45) is 0 Å². The number of nitrogens with two attached hydrogens (primary N) is 1. The molecule has 2 N–H and O–H groups in total. The van der Waals surface area contributed by atoms with E-state index in [4.69, 9.17) is 5.73 Å². The summed E-state index contributed by atoms with van der Waals surface area (Å²) >= 11 is 0. The van der Waals surface area contributed by atoms with Crippen LogP contribution in [0.3, 0.4) is 0 Å². The third kappa shape index (κ3) is 2.22. The van der Waals surface area contributed by atoms with Crippen LogP contribution in [0.1, 0.15) is 19.3 Å². The highest BCUT2D eigenvalue weighted by Gasteiger charge is 2.27. The molecule has 1 aromatic heterocycles. The number of hydrogen-bond donors (Lipinski definition) is 1. The molecule has 3 rings (SSSR count). The molecule has 1 aliphatic carbocycles. The van der Waals surface area contributed by atoms with Crippen LogP contribution in [0.25, 0.3) is 0 Å². The van der Waals surface area contributed by atoms with Gasteiger partial charge in [-0.05, 0) is 25.0 Å². The van der Waals surface area contributed by atoms with E-state index in [-0.39, 0.29) is 0 Å². The zero-order chi connectivity index (χ0) is 11.7. The van der Waals surface area contributed by atoms with Crippen LogP contribution in [0.4, 0.5) is 11.5 Å². The molecule has 0 unspecified atom stereocenters. The van der Waals surface area contributed by atoms with E-state index in [1.165, 1.54) is 38.0 Å². The summed E-state index contributed by atoms with van der Waals surface area (Å²) in [5, 5.41) is 0. The number of rotatable bonds is 2. The van der Waals surface area contributed by atoms with E-state index in [2.05, 4.69) is 20.9 Å². The van der Waals surface area contributed by atoms with Crippen LogP contribution >= 0.6 is 0 Å². The van der Waals surface area contributed by atoms with E-state index in [9.17, 15) is 0 Å². The maximum absolute atomic E-state index is 5.61. The summed E-state index contributed by atoms with van der Waals surface area (Å²) in [5.74, 6) is 0.599. The molecular formula is C13H20N4. The molecule has 92 valence electrons. The second kappa shape index (κ2) is 4.53. The molecule has 0 aromatic carbocycles. The standard InChI is InChI=1S/C13H20N4/c14-13-5-4-12(10-15-13)17-8-6-16(7-9-17)11-2-1-3-11/h4-5,10-11H,1-3,6-9H2,(H2,14,15). The molecule has 1 saturated carbocycles. The summed E-state index contributed by atoms with van der Waals surface area (Å²) in [6, 6.07) is 4.83. The van der Waals surface area contributed by atoms with E-state index in [0.29, 0.717) is 5.82 Å². The van der Waals surface area contributed by atoms with Gasteiger partial charge in [0.05, 0.1) is 11.9 Å². The van der Waals surface area contributed by atoms with Crippen LogP contribution in [0.5, 0.6) is 0 Å². The Morgan fingerprint density at radius 1 is 1.12 bits per heavy atom. The second-order valence-corrected chi connectivity index (χ2v) is 5.05. The van der Waals surface area contributed by atoms with E-state index in [1.54, 1.807) is 0 Å². The highest BCUT2D eigenvalue weighted by molar-refractivity contribution is 5.48. The zero-order valence-corrected chi connectivity index (χ0v) is 10.2. The van der Waals surface area contributed by atoms with Gasteiger partial charge in [0.15, 0.2) is 0 Å². The van der Waals surface area contributed by atoms with Crippen molar-refractivity contribution in [2.75, 3.05) is 36.8 Å². The van der Waals surface area contributed by atoms with E-state index in [0.717, 1.165) is 19.1 Å². The van der Waals surface area contributed by atoms with Gasteiger partial charge in [-0.15, -0.1) is 0 Å². The van der Waals surface area contributed by atoms with Gasteiger partial charge in [0.25, 0.3) is 0 Å². The lowest BCUT2D eigenvalue weighted by Crippen LogP contribution is -2.52. The first-order chi connectivity index (χ1) is 8.33. The van der Waals surface area contributed by atoms with Gasteiger partial charge in [-0.3, -0.25) is 4.90 Å². The Morgan fingerprint density at radius 2 is 1.88 bits per heavy atom. The van der Waals surface area contributed by atoms with Crippen molar-refractivity contribution in [3.63, 3.8) is 0 Å². The van der Waals surface area contributed by atoms with Crippen molar-refractivity contribution >= 4 is 11.5 Å². The Bertz CT molecular complexity index is 364. The van der Waals surface area contributed by atoms with Crippen molar-refractivity contribution in [3.8, 4) is 0 Å². The summed E-state index contributed by atoms with van der Waals surface area (Å²) < 4.78 is 0. The Balaban J connectivity index is 1.58. The number of nitrogen functional groups attached to an aromatic ring is 1. The fourth-order valence-corrected chi connectivity index (χ4v) is 2.68. The Hall–Kier alpha value is -1.29. The largest absolute Gasteiger partial charge is 0.384 e. The van der Waals surface area contributed by atoms with E-state index in [1.807, 2.05) is 12.3 Å². The Morgan fingerprint density at radius 3 is 2.41 bits per heavy atom. The maximum atomic E-state index is 5.61. The number of hydrogen-bond acceptors (Lipinski definition) is 4. The molecule has 0 atom stereocenters. The summed E-state index contributed by atoms with van der Waals surface area (Å²) in [6.45, 7) is 4.61. The van der Waals surface area contributed by atoms with Gasteiger partial charge in [-0.25, -0.2) is 4.98 Å². The van der Waals surface area contributed by atoms with E-state index >= 15 is 0 Å². The van der Waals surface area contributed by atoms with Gasteiger partial charge in [0.2, 0.25) is 0 Å². The fourth-order valence-electron chi connectivity index (χ4n) is 2.68. The van der Waals surface area contributed by atoms with Crippen molar-refractivity contribution in [2.45, 2.75) is 25.3 Å². The molecule has 2 fully saturated rings. The number of piperazine rings is 1. The quantitative estimate of drug-likeness (QED) is 0.836. The maximum Gasteiger partial charge on any atom is 0.123 e. The molecule has 0 amide bonds. The van der Waals surface area contributed by atoms with Crippen LogP contribution in [-0.2, 0) is 0 Å². The van der Waals surface area contributed by atoms with Crippen LogP contribution in [0.2, 0.25) is 0 Å². The first kappa shape index (κ1) is 10.8. The van der Waals surface area contributed by atoms with Crippen molar-refractivity contribution in [1.29, 1.82) is 0 Å². The lowest BCUT2D eigenvalue weighted by molar-refractivity contribution is 0.120. The minimum absolute atomic E-state index is 0.599. The minimum Gasteiger partial charge on any atom is -0.384 e. The van der Waals surface area contributed by atoms with Gasteiger partial charge >= 0.3 is 0 Å². The highest BCUT2D eigenvalue weighted by atomic mass is 15.3. The monoisotopic (exact) mass is 232 g/mol. The molecular weight excluding hydrogens is 212 g/mol. The average Bonchev–Trinajstić information content (AvgIpc) is 2.29. The SMILES string of the molecule is Nc1ccc(N2CCN(C3CCC3)CC2)cn1. The molecule has 4 heteroatoms. The number of pyridine rings is 1. The molecule has 2 heterocycles. The Kier molecular flexibility index (Phi) is 2.89. The summed E-state index contributed by atoms with van der Waals surface area (Å²) in [6.07, 6.45) is 6.12. The predicted molar refractivity (Wildman–Crippen MR) is 70.1 cm³/mol. The van der Waals surface area contributed by atoms with Gasteiger partial charge < -0.3 is 10.6 Å². The number of anilines is 2. The highest BCUT2D eigenvalue weighted by Crippen LogP contribution is 2.26. The first-order valence-electron chi connectivity index (χ1n) is 6.53. The van der Waals surface area contributed by atoms with Crippen LogP contribution in [0, 0.1) is 0 Å². The minimum atomic E-state index is 0.599. The lowest BCUT2D eigenvalue weighted by atomic mass is 9.91. The molecule has 0 radical (unpaired) electrons. The fraction of sp³-hybridized carbons (Fsp3) is 0.615. The molecule has 1 aromatic rings. The van der Waals surface area contributed by atoms with Crippen LogP contribution < -0.4 is 10.6 Å². The number of nitrogens with zero attached hydrogens (tertiary/aromatic N) is 3. The second-order valence-electron chi connectivity index (χ2n) is 5.05. The number of aromatic nitrogens is 1. The van der Waals surface area contributed by atoms with Crippen molar-refractivity contribution in [1.82, 2.24) is 9.88 Å². The molecule has 0 spiro atoms. The molecule has 17 heavy (non-hydrogen) atoms. The first-order valence-corrected chi connectivity index (χ1v) is 6.53. The predicted octanol–water partition coefficient (Wildman–Crippen LogP) is 1.34. The van der Waals surface area contributed by atoms with Gasteiger partial charge in [-0.1, -0.05) is 6.42 Å². The molecule has 0 bridgehead atoms. The summed E-state index contributed by atoms with van der Waals surface area (Å²) in [7, 11) is 0.